The molecule has 1 unspecified atom stereocenters. The van der Waals surface area contributed by atoms with Crippen molar-refractivity contribution in [1.29, 1.82) is 0 Å². The van der Waals surface area contributed by atoms with E-state index >= 15 is 0 Å². The number of aryl methyl sites for hydroxylation is 1. The van der Waals surface area contributed by atoms with Crippen LogP contribution >= 0.6 is 47.3 Å². The van der Waals surface area contributed by atoms with Crippen molar-refractivity contribution in [2.45, 2.75) is 35.0 Å². The summed E-state index contributed by atoms with van der Waals surface area (Å²) >= 11 is 4.25. The van der Waals surface area contributed by atoms with Crippen LogP contribution in [0, 0.1) is 6.92 Å². The largest absolute Gasteiger partial charge is 0.417 e. The number of nitrogens with zero attached hydrogens (tertiary/aromatic N) is 3. The fourth-order valence-electron chi connectivity index (χ4n) is 4.68. The van der Waals surface area contributed by atoms with E-state index in [4.69, 9.17) is 15.2 Å². The Bertz CT molecular complexity index is 1580. The number of carbonyl (C=O) groups excluding carboxylic acids is 4. The highest BCUT2D eigenvalue weighted by molar-refractivity contribution is 8.01. The van der Waals surface area contributed by atoms with Crippen LogP contribution in [0.2, 0.25) is 0 Å². The summed E-state index contributed by atoms with van der Waals surface area (Å²) < 4.78 is 11.7. The molecule has 1 aromatic heterocycles. The molecule has 1 saturated heterocycles. The van der Waals surface area contributed by atoms with Gasteiger partial charge in [-0.05, 0) is 24.1 Å². The summed E-state index contributed by atoms with van der Waals surface area (Å²) in [6.45, 7) is 1.85. The molecule has 1 fully saturated rings. The van der Waals surface area contributed by atoms with Gasteiger partial charge in [0.2, 0.25) is 5.91 Å². The van der Waals surface area contributed by atoms with Crippen molar-refractivity contribution in [3.8, 4) is 0 Å². The highest BCUT2D eigenvalue weighted by Crippen LogP contribution is 2.43. The Morgan fingerprint density at radius 2 is 1.90 bits per heavy atom. The lowest BCUT2D eigenvalue weighted by atomic mass is 10.0. The number of fused-ring (bicyclic) bond motifs is 2. The Balaban J connectivity index is 0.00000353. The summed E-state index contributed by atoms with van der Waals surface area (Å²) in [7, 11) is 0. The number of benzene rings is 2. The Hall–Kier alpha value is -3.43. The van der Waals surface area contributed by atoms with Crippen LogP contribution in [-0.4, -0.2) is 61.8 Å². The number of cyclic esters (lactones) is 1. The summed E-state index contributed by atoms with van der Waals surface area (Å²) in [4.78, 5) is 53.6. The second-order valence-electron chi connectivity index (χ2n) is 9.34. The fraction of sp³-hybridized carbons (Fsp3) is 0.259. The molecule has 42 heavy (non-hydrogen) atoms. The average molecular weight is 646 g/mol. The number of carbonyl (C=O) groups is 4. The molecule has 11 nitrogen and oxygen atoms in total. The fourth-order valence-corrected chi connectivity index (χ4v) is 7.98. The van der Waals surface area contributed by atoms with Gasteiger partial charge in [-0.1, -0.05) is 71.6 Å². The molecule has 0 spiro atoms. The zero-order valence-electron chi connectivity index (χ0n) is 21.9. The van der Waals surface area contributed by atoms with Crippen LogP contribution in [0.5, 0.6) is 0 Å². The predicted molar refractivity (Wildman–Crippen MR) is 159 cm³/mol. The van der Waals surface area contributed by atoms with Crippen molar-refractivity contribution in [2.75, 3.05) is 11.5 Å². The lowest BCUT2D eigenvalue weighted by Gasteiger charge is -2.50. The van der Waals surface area contributed by atoms with Gasteiger partial charge < -0.3 is 20.5 Å². The number of hydrogen-bond donors (Lipinski definition) is 2. The van der Waals surface area contributed by atoms with Crippen LogP contribution in [0.4, 0.5) is 0 Å². The van der Waals surface area contributed by atoms with E-state index in [1.807, 2.05) is 13.0 Å². The van der Waals surface area contributed by atoms with Gasteiger partial charge in [0, 0.05) is 17.1 Å². The first-order chi connectivity index (χ1) is 19.8. The van der Waals surface area contributed by atoms with Crippen LogP contribution in [0.15, 0.2) is 70.2 Å². The van der Waals surface area contributed by atoms with Crippen LogP contribution in [0.3, 0.4) is 0 Å². The van der Waals surface area contributed by atoms with Gasteiger partial charge in [-0.15, -0.1) is 34.4 Å². The third-order valence-corrected chi connectivity index (χ3v) is 10.1. The number of halogens is 1. The number of thioether (sulfide) groups is 2. The normalized spacial score (nSPS) is 21.4. The minimum absolute atomic E-state index is 0. The number of hydrogen-bond acceptors (Lipinski definition) is 12. The first-order valence-electron chi connectivity index (χ1n) is 12.5. The molecule has 3 aliphatic rings. The van der Waals surface area contributed by atoms with E-state index in [1.54, 1.807) is 48.5 Å². The molecule has 4 heterocycles. The van der Waals surface area contributed by atoms with E-state index in [1.165, 1.54) is 39.8 Å². The van der Waals surface area contributed by atoms with Crippen LogP contribution < -0.4 is 11.1 Å². The smallest absolute Gasteiger partial charge is 0.358 e. The Morgan fingerprint density at radius 3 is 2.64 bits per heavy atom. The number of nitrogens with one attached hydrogen (secondary N) is 1. The minimum atomic E-state index is -1.23. The predicted octanol–water partition coefficient (Wildman–Crippen LogP) is 3.13. The van der Waals surface area contributed by atoms with Gasteiger partial charge in [0.15, 0.2) is 4.34 Å². The molecule has 15 heteroatoms. The van der Waals surface area contributed by atoms with Crippen LogP contribution in [0.25, 0.3) is 0 Å². The molecule has 3 aliphatic heterocycles. The van der Waals surface area contributed by atoms with E-state index < -0.39 is 47.5 Å². The topological polar surface area (TPSA) is 154 Å². The molecule has 0 bridgehead atoms. The van der Waals surface area contributed by atoms with Gasteiger partial charge in [0.05, 0.1) is 5.56 Å². The standard InChI is InChI=1S/C27H23N5O6S3.ClH/c1-13-30-31-27(41-13)40-12-15-11-39-23-19(29-21(33)18(28)14-7-3-2-4-8-14)22(34)32(23)20(15)25(36)38-26-17-10-6-5-9-16(17)24(35)37-26;/h2-10,18-19,23,26H,11-12,28H2,1H3,(H,29,33);1H/t18-,19-,23-,26?;/m1./s1. The zero-order valence-corrected chi connectivity index (χ0v) is 25.2. The molecule has 6 rings (SSSR count). The van der Waals surface area contributed by atoms with Crippen molar-refractivity contribution >= 4 is 71.0 Å². The lowest BCUT2D eigenvalue weighted by Crippen LogP contribution is -2.71. The maximum absolute atomic E-state index is 13.6. The highest BCUT2D eigenvalue weighted by Gasteiger charge is 2.55. The van der Waals surface area contributed by atoms with Gasteiger partial charge in [-0.25, -0.2) is 9.59 Å². The Labute approximate surface area is 259 Å². The Morgan fingerprint density at radius 1 is 1.17 bits per heavy atom. The SMILES string of the molecule is Cc1nnc(SCC2=C(C(=O)OC3OC(=O)c4ccccc43)N3C(=O)[C@@H](NC(=O)[C@H](N)c4ccccc4)[C@H]3SC2)s1.Cl. The molecule has 2 aromatic carbocycles. The quantitative estimate of drug-likeness (QED) is 0.211. The number of nitrogens with two attached hydrogens (primary N) is 1. The highest BCUT2D eigenvalue weighted by atomic mass is 35.5. The number of β-lactam (4-membered cyclic amide) rings is 1. The second-order valence-corrected chi connectivity index (χ2v) is 12.9. The van der Waals surface area contributed by atoms with E-state index in [2.05, 4.69) is 15.5 Å². The van der Waals surface area contributed by atoms with Crippen molar-refractivity contribution in [2.24, 2.45) is 5.73 Å². The molecule has 0 aliphatic carbocycles. The summed E-state index contributed by atoms with van der Waals surface area (Å²) in [6.07, 6.45) is -1.23. The molecular formula is C27H24ClN5O6S3. The molecule has 0 saturated carbocycles. The third-order valence-electron chi connectivity index (χ3n) is 6.72. The van der Waals surface area contributed by atoms with Crippen LogP contribution in [-0.2, 0) is 23.9 Å². The zero-order chi connectivity index (χ0) is 28.7. The number of esters is 2. The van der Waals surface area contributed by atoms with Gasteiger partial charge in [0.1, 0.15) is 28.2 Å². The van der Waals surface area contributed by atoms with E-state index in [9.17, 15) is 19.2 Å². The van der Waals surface area contributed by atoms with Crippen molar-refractivity contribution in [3.63, 3.8) is 0 Å². The van der Waals surface area contributed by atoms with Gasteiger partial charge in [-0.2, -0.15) is 0 Å². The lowest BCUT2D eigenvalue weighted by molar-refractivity contribution is -0.168. The number of ether oxygens (including phenoxy) is 2. The van der Waals surface area contributed by atoms with Gasteiger partial charge in [-0.3, -0.25) is 14.5 Å². The van der Waals surface area contributed by atoms with Crippen molar-refractivity contribution < 1.29 is 28.7 Å². The molecule has 3 N–H and O–H groups in total. The average Bonchev–Trinajstić information content (AvgIpc) is 3.55. The summed E-state index contributed by atoms with van der Waals surface area (Å²) in [5.41, 5.74) is 8.23. The van der Waals surface area contributed by atoms with Gasteiger partial charge >= 0.3 is 11.9 Å². The molecule has 218 valence electrons. The monoisotopic (exact) mass is 645 g/mol. The number of rotatable bonds is 8. The van der Waals surface area contributed by atoms with Crippen molar-refractivity contribution in [1.82, 2.24) is 20.4 Å². The van der Waals surface area contributed by atoms with Crippen LogP contribution in [0.1, 0.15) is 38.8 Å². The van der Waals surface area contributed by atoms with E-state index in [0.29, 0.717) is 33.8 Å². The number of amides is 2. The first-order valence-corrected chi connectivity index (χ1v) is 15.4. The molecule has 3 aromatic rings. The maximum atomic E-state index is 13.6. The third kappa shape index (κ3) is 5.64. The Kier molecular flexibility index (Phi) is 8.89. The van der Waals surface area contributed by atoms with E-state index in [0.717, 1.165) is 9.35 Å². The minimum Gasteiger partial charge on any atom is -0.417 e. The maximum Gasteiger partial charge on any atom is 0.358 e. The van der Waals surface area contributed by atoms with E-state index in [-0.39, 0.29) is 18.1 Å². The number of aromatic nitrogens is 2. The summed E-state index contributed by atoms with van der Waals surface area (Å²) in [6, 6.07) is 13.7. The molecule has 0 radical (unpaired) electrons. The molecule has 2 amide bonds. The van der Waals surface area contributed by atoms with Gasteiger partial charge in [0.25, 0.3) is 12.2 Å². The second kappa shape index (κ2) is 12.4. The molecule has 4 atom stereocenters. The summed E-state index contributed by atoms with van der Waals surface area (Å²) in [5.74, 6) is -1.58. The molecular weight excluding hydrogens is 622 g/mol. The van der Waals surface area contributed by atoms with Crippen molar-refractivity contribution in [3.05, 3.63) is 87.6 Å². The first kappa shape index (κ1) is 30.0. The summed E-state index contributed by atoms with van der Waals surface area (Å²) in [5, 5.41) is 11.2.